The van der Waals surface area contributed by atoms with Crippen molar-refractivity contribution < 1.29 is 26.7 Å². The van der Waals surface area contributed by atoms with E-state index in [0.29, 0.717) is 13.0 Å². The summed E-state index contributed by atoms with van der Waals surface area (Å²) in [5.74, 6) is -3.63. The summed E-state index contributed by atoms with van der Waals surface area (Å²) >= 11 is 0. The van der Waals surface area contributed by atoms with Crippen molar-refractivity contribution in [3.05, 3.63) is 47.0 Å². The van der Waals surface area contributed by atoms with Gasteiger partial charge in [0.2, 0.25) is 0 Å². The number of halogens is 5. The molecule has 110 valence electrons. The normalized spacial score (nSPS) is 12.9. The lowest BCUT2D eigenvalue weighted by molar-refractivity contribution is -0.137. The van der Waals surface area contributed by atoms with E-state index in [1.54, 1.807) is 0 Å². The summed E-state index contributed by atoms with van der Waals surface area (Å²) in [6.45, 7) is 1.83. The quantitative estimate of drug-likeness (QED) is 0.589. The monoisotopic (exact) mass is 292 g/mol. The molecule has 1 nitrogen and oxygen atoms in total. The molecule has 0 N–H and O–H groups in total. The van der Waals surface area contributed by atoms with Crippen molar-refractivity contribution in [1.29, 1.82) is 0 Å². The van der Waals surface area contributed by atoms with Gasteiger partial charge in [-0.2, -0.15) is 13.2 Å². The van der Waals surface area contributed by atoms with Gasteiger partial charge in [-0.1, -0.05) is 6.08 Å². The van der Waals surface area contributed by atoms with Gasteiger partial charge < -0.3 is 0 Å². The second-order valence-electron chi connectivity index (χ2n) is 4.52. The molecule has 0 saturated heterocycles. The molecule has 20 heavy (non-hydrogen) atoms. The Hall–Kier alpha value is -1.72. The van der Waals surface area contributed by atoms with Crippen LogP contribution in [0.3, 0.4) is 0 Å². The topological polar surface area (TPSA) is 17.1 Å². The Kier molecular flexibility index (Phi) is 4.68. The van der Waals surface area contributed by atoms with Crippen LogP contribution in [0.4, 0.5) is 22.0 Å². The van der Waals surface area contributed by atoms with Crippen LogP contribution in [0.25, 0.3) is 0 Å². The van der Waals surface area contributed by atoms with Gasteiger partial charge in [0.05, 0.1) is 5.56 Å². The molecule has 1 rings (SSSR count). The second-order valence-corrected chi connectivity index (χ2v) is 4.52. The highest BCUT2D eigenvalue weighted by molar-refractivity contribution is 5.87. The Labute approximate surface area is 113 Å². The Morgan fingerprint density at radius 2 is 1.65 bits per heavy atom. The maximum absolute atomic E-state index is 13.2. The molecule has 0 fully saturated rings. The minimum Gasteiger partial charge on any atom is -0.295 e. The van der Waals surface area contributed by atoms with Crippen LogP contribution < -0.4 is 0 Å². The van der Waals surface area contributed by atoms with E-state index in [2.05, 4.69) is 0 Å². The van der Waals surface area contributed by atoms with Gasteiger partial charge in [-0.25, -0.2) is 8.78 Å². The largest absolute Gasteiger partial charge is 0.416 e. The average Bonchev–Trinajstić information content (AvgIpc) is 2.25. The molecule has 1 aromatic carbocycles. The number of hydrogen-bond acceptors (Lipinski definition) is 1. The van der Waals surface area contributed by atoms with Crippen molar-refractivity contribution in [3.63, 3.8) is 0 Å². The standard InChI is InChI=1S/C14H13F5O/c1-9(20)4-3-5-10-6-11(13(2,15)16)8-12(7-10)14(17,18)19/h3-4,6-8H,5H2,1-2H3/b4-3-. The zero-order chi connectivity index (χ0) is 15.6. The van der Waals surface area contributed by atoms with E-state index in [1.807, 2.05) is 0 Å². The fourth-order valence-electron chi connectivity index (χ4n) is 1.59. The summed E-state index contributed by atoms with van der Waals surface area (Å²) in [7, 11) is 0. The highest BCUT2D eigenvalue weighted by Gasteiger charge is 2.34. The third-order valence-electron chi connectivity index (χ3n) is 2.53. The average molecular weight is 292 g/mol. The van der Waals surface area contributed by atoms with E-state index in [4.69, 9.17) is 0 Å². The highest BCUT2D eigenvalue weighted by Crippen LogP contribution is 2.35. The Morgan fingerprint density at radius 1 is 1.10 bits per heavy atom. The SMILES string of the molecule is CC(=O)/C=C\Cc1cc(C(C)(F)F)cc(C(F)(F)F)c1. The lowest BCUT2D eigenvalue weighted by Crippen LogP contribution is -2.12. The molecule has 6 heteroatoms. The maximum Gasteiger partial charge on any atom is 0.416 e. The van der Waals surface area contributed by atoms with Crippen molar-refractivity contribution >= 4 is 5.78 Å². The van der Waals surface area contributed by atoms with Gasteiger partial charge in [0.15, 0.2) is 5.78 Å². The molecular weight excluding hydrogens is 279 g/mol. The fourth-order valence-corrected chi connectivity index (χ4v) is 1.59. The first-order valence-electron chi connectivity index (χ1n) is 5.76. The zero-order valence-electron chi connectivity index (χ0n) is 10.9. The molecule has 0 spiro atoms. The van der Waals surface area contributed by atoms with Gasteiger partial charge in [0, 0.05) is 12.5 Å². The predicted octanol–water partition coefficient (Wildman–Crippen LogP) is 4.50. The van der Waals surface area contributed by atoms with Crippen LogP contribution in [-0.2, 0) is 23.3 Å². The van der Waals surface area contributed by atoms with Gasteiger partial charge in [-0.3, -0.25) is 4.79 Å². The lowest BCUT2D eigenvalue weighted by atomic mass is 9.99. The molecule has 0 radical (unpaired) electrons. The maximum atomic E-state index is 13.2. The summed E-state index contributed by atoms with van der Waals surface area (Å²) in [6.07, 6.45) is -2.19. The molecule has 0 aliphatic heterocycles. The Bertz CT molecular complexity index is 491. The molecular formula is C14H13F5O. The van der Waals surface area contributed by atoms with E-state index in [-0.39, 0.29) is 17.8 Å². The van der Waals surface area contributed by atoms with Crippen LogP contribution >= 0.6 is 0 Å². The molecule has 0 aromatic heterocycles. The van der Waals surface area contributed by atoms with E-state index in [0.717, 1.165) is 12.1 Å². The van der Waals surface area contributed by atoms with Crippen LogP contribution in [0.2, 0.25) is 0 Å². The predicted molar refractivity (Wildman–Crippen MR) is 64.5 cm³/mol. The van der Waals surface area contributed by atoms with E-state index >= 15 is 0 Å². The first kappa shape index (κ1) is 16.3. The number of benzene rings is 1. The molecule has 0 aliphatic rings. The summed E-state index contributed by atoms with van der Waals surface area (Å²) < 4.78 is 64.4. The van der Waals surface area contributed by atoms with Crippen molar-refractivity contribution in [2.45, 2.75) is 32.4 Å². The van der Waals surface area contributed by atoms with Gasteiger partial charge in [0.25, 0.3) is 5.92 Å². The van der Waals surface area contributed by atoms with Crippen molar-refractivity contribution in [2.75, 3.05) is 0 Å². The number of carbonyl (C=O) groups excluding carboxylic acids is 1. The number of ketones is 1. The minimum atomic E-state index is -4.69. The molecule has 0 aliphatic carbocycles. The number of allylic oxidation sites excluding steroid dienone is 2. The minimum absolute atomic E-state index is 0.0212. The second kappa shape index (κ2) is 5.73. The number of hydrogen-bond donors (Lipinski definition) is 0. The Balaban J connectivity index is 3.21. The molecule has 0 bridgehead atoms. The summed E-state index contributed by atoms with van der Waals surface area (Å²) in [4.78, 5) is 10.7. The van der Waals surface area contributed by atoms with Crippen molar-refractivity contribution in [3.8, 4) is 0 Å². The van der Waals surface area contributed by atoms with Gasteiger partial charge in [-0.05, 0) is 43.2 Å². The third-order valence-corrected chi connectivity index (χ3v) is 2.53. The Morgan fingerprint density at radius 3 is 2.10 bits per heavy atom. The number of alkyl halides is 5. The third kappa shape index (κ3) is 4.75. The van der Waals surface area contributed by atoms with Crippen molar-refractivity contribution in [2.24, 2.45) is 0 Å². The number of carbonyl (C=O) groups is 1. The van der Waals surface area contributed by atoms with Crippen molar-refractivity contribution in [1.82, 2.24) is 0 Å². The first-order chi connectivity index (χ1) is 9.00. The van der Waals surface area contributed by atoms with Gasteiger partial charge in [0.1, 0.15) is 0 Å². The van der Waals surface area contributed by atoms with E-state index in [9.17, 15) is 26.7 Å². The highest BCUT2D eigenvalue weighted by atomic mass is 19.4. The lowest BCUT2D eigenvalue weighted by Gasteiger charge is -2.15. The van der Waals surface area contributed by atoms with Crippen LogP contribution in [0.5, 0.6) is 0 Å². The fraction of sp³-hybridized carbons (Fsp3) is 0.357. The molecule has 0 unspecified atom stereocenters. The summed E-state index contributed by atoms with van der Waals surface area (Å²) in [6, 6.07) is 2.26. The zero-order valence-corrected chi connectivity index (χ0v) is 10.9. The van der Waals surface area contributed by atoms with Crippen LogP contribution in [0, 0.1) is 0 Å². The van der Waals surface area contributed by atoms with E-state index in [1.165, 1.54) is 19.1 Å². The van der Waals surface area contributed by atoms with Crippen LogP contribution in [0.15, 0.2) is 30.4 Å². The van der Waals surface area contributed by atoms with Crippen LogP contribution in [0.1, 0.15) is 30.5 Å². The summed E-state index contributed by atoms with van der Waals surface area (Å²) in [5.41, 5.74) is -1.74. The molecule has 0 saturated carbocycles. The number of rotatable bonds is 4. The molecule has 0 atom stereocenters. The molecule has 0 heterocycles. The molecule has 0 amide bonds. The summed E-state index contributed by atoms with van der Waals surface area (Å²) in [5, 5.41) is 0. The molecule has 1 aromatic rings. The van der Waals surface area contributed by atoms with Gasteiger partial charge >= 0.3 is 6.18 Å². The first-order valence-corrected chi connectivity index (χ1v) is 5.76. The van der Waals surface area contributed by atoms with E-state index < -0.39 is 23.2 Å². The van der Waals surface area contributed by atoms with Gasteiger partial charge in [-0.15, -0.1) is 0 Å². The smallest absolute Gasteiger partial charge is 0.295 e. The van der Waals surface area contributed by atoms with Crippen LogP contribution in [-0.4, -0.2) is 5.78 Å².